The fourth-order valence-corrected chi connectivity index (χ4v) is 5.42. The van der Waals surface area contributed by atoms with Crippen molar-refractivity contribution in [3.05, 3.63) is 47.8 Å². The van der Waals surface area contributed by atoms with E-state index in [-0.39, 0.29) is 5.91 Å². The van der Waals surface area contributed by atoms with Gasteiger partial charge in [-0.15, -0.1) is 0 Å². The lowest BCUT2D eigenvalue weighted by Crippen LogP contribution is -2.24. The van der Waals surface area contributed by atoms with Gasteiger partial charge in [-0.25, -0.2) is 4.98 Å². The van der Waals surface area contributed by atoms with Gasteiger partial charge in [0.1, 0.15) is 5.82 Å². The van der Waals surface area contributed by atoms with E-state index in [2.05, 4.69) is 41.1 Å². The summed E-state index contributed by atoms with van der Waals surface area (Å²) in [5, 5.41) is 3.02. The first-order valence-corrected chi connectivity index (χ1v) is 15.6. The first kappa shape index (κ1) is 32.3. The summed E-state index contributed by atoms with van der Waals surface area (Å²) < 4.78 is 18.5. The Hall–Kier alpha value is -3.22. The molecule has 226 valence electrons. The number of unbranched alkanes of at least 4 members (excludes halogenated alkanes) is 11. The van der Waals surface area contributed by atoms with E-state index in [1.807, 2.05) is 0 Å². The van der Waals surface area contributed by atoms with Crippen LogP contribution < -0.4 is 19.5 Å². The number of benzene rings is 2. The average Bonchev–Trinajstić information content (AvgIpc) is 3.35. The topological polar surface area (TPSA) is 74.6 Å². The fraction of sp³-hybridized carbons (Fsp3) is 0.588. The first-order valence-electron chi connectivity index (χ1n) is 15.6. The van der Waals surface area contributed by atoms with E-state index in [0.29, 0.717) is 29.4 Å². The fourth-order valence-electron chi connectivity index (χ4n) is 5.42. The van der Waals surface area contributed by atoms with Gasteiger partial charge in [0.15, 0.2) is 11.5 Å². The Morgan fingerprint density at radius 3 is 2.02 bits per heavy atom. The lowest BCUT2D eigenvalue weighted by atomic mass is 10.1. The van der Waals surface area contributed by atoms with Crippen molar-refractivity contribution < 1.29 is 19.0 Å². The Bertz CT molecular complexity index is 1160. The number of nitrogens with one attached hydrogen (secondary N) is 1. The van der Waals surface area contributed by atoms with Gasteiger partial charge in [-0.2, -0.15) is 0 Å². The van der Waals surface area contributed by atoms with Crippen LogP contribution in [0.5, 0.6) is 17.2 Å². The summed E-state index contributed by atoms with van der Waals surface area (Å²) in [6, 6.07) is 11.8. The lowest BCUT2D eigenvalue weighted by Gasteiger charge is -2.14. The summed E-state index contributed by atoms with van der Waals surface area (Å²) in [6.07, 6.45) is 17.4. The molecule has 0 aliphatic rings. The minimum absolute atomic E-state index is 0.150. The molecule has 3 rings (SSSR count). The minimum atomic E-state index is -0.150. The molecule has 0 saturated heterocycles. The highest BCUT2D eigenvalue weighted by Gasteiger charge is 2.17. The molecule has 1 aromatic heterocycles. The number of amides is 1. The normalized spacial score (nSPS) is 11.1. The molecular formula is C34H51N3O4. The van der Waals surface area contributed by atoms with Gasteiger partial charge in [0.25, 0.3) is 5.91 Å². The zero-order chi connectivity index (χ0) is 29.3. The zero-order valence-corrected chi connectivity index (χ0v) is 25.8. The number of methoxy groups -OCH3 is 3. The maximum absolute atomic E-state index is 12.7. The number of ether oxygens (including phenoxy) is 3. The maximum atomic E-state index is 12.7. The number of carbonyl (C=O) groups excluding carboxylic acids is 1. The predicted molar refractivity (Wildman–Crippen MR) is 168 cm³/mol. The summed E-state index contributed by atoms with van der Waals surface area (Å²) in [4.78, 5) is 17.7. The Morgan fingerprint density at radius 2 is 1.39 bits per heavy atom. The van der Waals surface area contributed by atoms with Gasteiger partial charge in [-0.05, 0) is 43.5 Å². The second-order valence-corrected chi connectivity index (χ2v) is 10.8. The molecule has 0 unspecified atom stereocenters. The number of hydrogen-bond acceptors (Lipinski definition) is 5. The van der Waals surface area contributed by atoms with Gasteiger partial charge in [0.05, 0.1) is 32.4 Å². The van der Waals surface area contributed by atoms with Crippen LogP contribution in [-0.4, -0.2) is 43.3 Å². The minimum Gasteiger partial charge on any atom is -0.493 e. The number of hydrogen-bond donors (Lipinski definition) is 1. The SMILES string of the molecule is CCCCCCCCCCCCn1c(CCCCCNC(=O)c2cc(OC)c(OC)c(OC)c2)nc2ccccc21. The smallest absolute Gasteiger partial charge is 0.251 e. The van der Waals surface area contributed by atoms with E-state index >= 15 is 0 Å². The predicted octanol–water partition coefficient (Wildman–Crippen LogP) is 8.13. The molecule has 2 aromatic carbocycles. The van der Waals surface area contributed by atoms with E-state index in [1.165, 1.54) is 75.5 Å². The van der Waals surface area contributed by atoms with Crippen LogP contribution in [0.3, 0.4) is 0 Å². The van der Waals surface area contributed by atoms with E-state index < -0.39 is 0 Å². The second kappa shape index (κ2) is 18.3. The molecule has 1 amide bonds. The van der Waals surface area contributed by atoms with Crippen LogP contribution in [0.2, 0.25) is 0 Å². The number of aromatic nitrogens is 2. The summed E-state index contributed by atoms with van der Waals surface area (Å²) >= 11 is 0. The molecule has 1 N–H and O–H groups in total. The van der Waals surface area contributed by atoms with Gasteiger partial charge in [-0.3, -0.25) is 4.79 Å². The second-order valence-electron chi connectivity index (χ2n) is 10.8. The lowest BCUT2D eigenvalue weighted by molar-refractivity contribution is 0.0952. The first-order chi connectivity index (χ1) is 20.1. The number of nitrogens with zero attached hydrogens (tertiary/aromatic N) is 2. The van der Waals surface area contributed by atoms with E-state index in [4.69, 9.17) is 19.2 Å². The Labute approximate surface area is 247 Å². The van der Waals surface area contributed by atoms with Gasteiger partial charge < -0.3 is 24.1 Å². The van der Waals surface area contributed by atoms with Crippen molar-refractivity contribution in [2.24, 2.45) is 0 Å². The third kappa shape index (κ3) is 9.98. The van der Waals surface area contributed by atoms with Crippen LogP contribution in [0.15, 0.2) is 36.4 Å². The Kier molecular flexibility index (Phi) is 14.4. The van der Waals surface area contributed by atoms with Crippen LogP contribution in [0, 0.1) is 0 Å². The third-order valence-electron chi connectivity index (χ3n) is 7.76. The van der Waals surface area contributed by atoms with Crippen LogP contribution in [-0.2, 0) is 13.0 Å². The summed E-state index contributed by atoms with van der Waals surface area (Å²) in [7, 11) is 4.64. The standard InChI is InChI=1S/C34H51N3O4/c1-5-6-7-8-9-10-11-12-13-19-24-37-29-21-17-16-20-28(29)36-32(37)22-15-14-18-23-35-34(38)27-25-30(39-2)33(41-4)31(26-27)40-3/h16-17,20-21,25-26H,5-15,18-19,22-24H2,1-4H3,(H,35,38). The molecular weight excluding hydrogens is 514 g/mol. The molecule has 7 heteroatoms. The van der Waals surface area contributed by atoms with Crippen molar-refractivity contribution in [2.45, 2.75) is 103 Å². The molecule has 1 heterocycles. The molecule has 0 atom stereocenters. The molecule has 0 bridgehead atoms. The quantitative estimate of drug-likeness (QED) is 0.132. The van der Waals surface area contributed by atoms with E-state index in [0.717, 1.165) is 37.7 Å². The van der Waals surface area contributed by atoms with Gasteiger partial charge >= 0.3 is 0 Å². The number of fused-ring (bicyclic) bond motifs is 1. The molecule has 0 saturated carbocycles. The van der Waals surface area contributed by atoms with Crippen LogP contribution in [0.25, 0.3) is 11.0 Å². The van der Waals surface area contributed by atoms with Crippen LogP contribution in [0.4, 0.5) is 0 Å². The molecule has 0 fully saturated rings. The number of rotatable bonds is 21. The Morgan fingerprint density at radius 1 is 0.780 bits per heavy atom. The van der Waals surface area contributed by atoms with Crippen molar-refractivity contribution in [1.82, 2.24) is 14.9 Å². The van der Waals surface area contributed by atoms with Crippen molar-refractivity contribution in [2.75, 3.05) is 27.9 Å². The average molecular weight is 566 g/mol. The molecule has 7 nitrogen and oxygen atoms in total. The monoisotopic (exact) mass is 565 g/mol. The third-order valence-corrected chi connectivity index (χ3v) is 7.76. The highest BCUT2D eigenvalue weighted by Crippen LogP contribution is 2.38. The number of aryl methyl sites for hydroxylation is 2. The maximum Gasteiger partial charge on any atom is 0.251 e. The largest absolute Gasteiger partial charge is 0.493 e. The highest BCUT2D eigenvalue weighted by molar-refractivity contribution is 5.95. The van der Waals surface area contributed by atoms with Crippen molar-refractivity contribution >= 4 is 16.9 Å². The van der Waals surface area contributed by atoms with Crippen molar-refractivity contribution in [3.8, 4) is 17.2 Å². The summed E-state index contributed by atoms with van der Waals surface area (Å²) in [5.41, 5.74) is 2.82. The van der Waals surface area contributed by atoms with E-state index in [1.54, 1.807) is 33.5 Å². The van der Waals surface area contributed by atoms with Gasteiger partial charge in [0, 0.05) is 25.1 Å². The number of imidazole rings is 1. The molecule has 0 aliphatic heterocycles. The zero-order valence-electron chi connectivity index (χ0n) is 25.8. The van der Waals surface area contributed by atoms with E-state index in [9.17, 15) is 4.79 Å². The number of carbonyl (C=O) groups is 1. The molecule has 0 radical (unpaired) electrons. The number of para-hydroxylation sites is 2. The summed E-state index contributed by atoms with van der Waals surface area (Å²) in [6.45, 7) is 3.93. The van der Waals surface area contributed by atoms with Gasteiger partial charge in [0.2, 0.25) is 5.75 Å². The van der Waals surface area contributed by atoms with Crippen molar-refractivity contribution in [1.29, 1.82) is 0 Å². The highest BCUT2D eigenvalue weighted by atomic mass is 16.5. The molecule has 41 heavy (non-hydrogen) atoms. The van der Waals surface area contributed by atoms with Crippen molar-refractivity contribution in [3.63, 3.8) is 0 Å². The van der Waals surface area contributed by atoms with Crippen LogP contribution in [0.1, 0.15) is 107 Å². The Balaban J connectivity index is 1.41. The molecule has 0 spiro atoms. The van der Waals surface area contributed by atoms with Crippen LogP contribution >= 0.6 is 0 Å². The van der Waals surface area contributed by atoms with Gasteiger partial charge in [-0.1, -0.05) is 83.3 Å². The molecule has 3 aromatic rings. The molecule has 0 aliphatic carbocycles. The summed E-state index contributed by atoms with van der Waals surface area (Å²) in [5.74, 6) is 2.45.